The number of Topliss-reactive ketones (excluding diaryl/α,β-unsaturated/α-hetero) is 1. The second kappa shape index (κ2) is 5.03. The summed E-state index contributed by atoms with van der Waals surface area (Å²) in [6.45, 7) is 4.15. The quantitative estimate of drug-likeness (QED) is 0.833. The summed E-state index contributed by atoms with van der Waals surface area (Å²) in [5.41, 5.74) is 0.232. The smallest absolute Gasteiger partial charge is 0.227 e. The molecule has 2 rings (SSSR count). The van der Waals surface area contributed by atoms with Gasteiger partial charge in [0.15, 0.2) is 5.78 Å². The van der Waals surface area contributed by atoms with Gasteiger partial charge in [-0.3, -0.25) is 9.59 Å². The van der Waals surface area contributed by atoms with Crippen LogP contribution in [0.2, 0.25) is 0 Å². The molecule has 4 nitrogen and oxygen atoms in total. The highest BCUT2D eigenvalue weighted by Crippen LogP contribution is 2.26. The summed E-state index contributed by atoms with van der Waals surface area (Å²) in [7, 11) is 1.60. The van der Waals surface area contributed by atoms with Gasteiger partial charge in [-0.15, -0.1) is 0 Å². The Morgan fingerprint density at radius 1 is 1.42 bits per heavy atom. The van der Waals surface area contributed by atoms with Crippen molar-refractivity contribution in [3.8, 4) is 5.75 Å². The van der Waals surface area contributed by atoms with Crippen LogP contribution in [-0.4, -0.2) is 35.8 Å². The summed E-state index contributed by atoms with van der Waals surface area (Å²) >= 11 is 0. The van der Waals surface area contributed by atoms with Crippen molar-refractivity contribution < 1.29 is 14.3 Å². The van der Waals surface area contributed by atoms with Crippen LogP contribution in [0.4, 0.5) is 0 Å². The van der Waals surface area contributed by atoms with E-state index in [9.17, 15) is 9.59 Å². The number of rotatable bonds is 3. The van der Waals surface area contributed by atoms with E-state index in [-0.39, 0.29) is 11.7 Å². The van der Waals surface area contributed by atoms with Crippen molar-refractivity contribution in [2.45, 2.75) is 32.2 Å². The van der Waals surface area contributed by atoms with E-state index in [4.69, 9.17) is 4.74 Å². The fourth-order valence-electron chi connectivity index (χ4n) is 2.44. The molecule has 0 N–H and O–H groups in total. The summed E-state index contributed by atoms with van der Waals surface area (Å²) in [6, 6.07) is 7.45. The Bertz CT molecular complexity index is 508. The van der Waals surface area contributed by atoms with E-state index in [0.29, 0.717) is 19.4 Å². The minimum atomic E-state index is -0.671. The van der Waals surface area contributed by atoms with E-state index < -0.39 is 5.54 Å². The van der Waals surface area contributed by atoms with Crippen molar-refractivity contribution in [3.63, 3.8) is 0 Å². The van der Waals surface area contributed by atoms with Crippen LogP contribution in [0.3, 0.4) is 0 Å². The number of ether oxygens (including phenoxy) is 1. The Kier molecular flexibility index (Phi) is 3.60. The number of carbonyl (C=O) groups is 2. The summed E-state index contributed by atoms with van der Waals surface area (Å²) in [5.74, 6) is 0.859. The number of amides is 1. The van der Waals surface area contributed by atoms with Gasteiger partial charge in [-0.05, 0) is 31.5 Å². The molecule has 0 saturated carbocycles. The Labute approximate surface area is 113 Å². The Morgan fingerprint density at radius 2 is 2.16 bits per heavy atom. The van der Waals surface area contributed by atoms with Crippen LogP contribution in [-0.2, 0) is 16.0 Å². The van der Waals surface area contributed by atoms with Crippen molar-refractivity contribution in [1.29, 1.82) is 0 Å². The SMILES string of the molecule is COc1cccc(CC(=O)N2CCC(=O)C2(C)C)c1. The lowest BCUT2D eigenvalue weighted by atomic mass is 10.00. The number of carbonyl (C=O) groups excluding carboxylic acids is 2. The van der Waals surface area contributed by atoms with Crippen molar-refractivity contribution in [3.05, 3.63) is 29.8 Å². The number of methoxy groups -OCH3 is 1. The van der Waals surface area contributed by atoms with Crippen LogP contribution in [0.5, 0.6) is 5.75 Å². The summed E-state index contributed by atoms with van der Waals surface area (Å²) in [5, 5.41) is 0. The van der Waals surface area contributed by atoms with E-state index in [0.717, 1.165) is 11.3 Å². The molecule has 1 aromatic rings. The molecule has 0 aromatic heterocycles. The number of hydrogen-bond acceptors (Lipinski definition) is 3. The van der Waals surface area contributed by atoms with Gasteiger partial charge >= 0.3 is 0 Å². The highest BCUT2D eigenvalue weighted by molar-refractivity contribution is 5.95. The molecule has 0 radical (unpaired) electrons. The average molecular weight is 261 g/mol. The minimum absolute atomic E-state index is 0.0101. The minimum Gasteiger partial charge on any atom is -0.497 e. The molecule has 1 aliphatic heterocycles. The summed E-state index contributed by atoms with van der Waals surface area (Å²) < 4.78 is 5.14. The third-order valence-electron chi connectivity index (χ3n) is 3.71. The maximum atomic E-state index is 12.3. The first-order valence-electron chi connectivity index (χ1n) is 6.42. The molecule has 102 valence electrons. The van der Waals surface area contributed by atoms with Gasteiger partial charge in [0, 0.05) is 13.0 Å². The lowest BCUT2D eigenvalue weighted by Crippen LogP contribution is -2.46. The lowest BCUT2D eigenvalue weighted by Gasteiger charge is -2.30. The molecule has 1 heterocycles. The highest BCUT2D eigenvalue weighted by atomic mass is 16.5. The van der Waals surface area contributed by atoms with Crippen molar-refractivity contribution in [2.24, 2.45) is 0 Å². The largest absolute Gasteiger partial charge is 0.497 e. The summed E-state index contributed by atoms with van der Waals surface area (Å²) in [4.78, 5) is 25.7. The van der Waals surface area contributed by atoms with Gasteiger partial charge in [-0.25, -0.2) is 0 Å². The lowest BCUT2D eigenvalue weighted by molar-refractivity contribution is -0.138. The number of likely N-dealkylation sites (tertiary alicyclic amines) is 1. The predicted molar refractivity (Wildman–Crippen MR) is 72.1 cm³/mol. The molecular formula is C15H19NO3. The van der Waals surface area contributed by atoms with Crippen molar-refractivity contribution in [2.75, 3.05) is 13.7 Å². The average Bonchev–Trinajstić information content (AvgIpc) is 2.64. The second-order valence-corrected chi connectivity index (χ2v) is 5.31. The molecule has 19 heavy (non-hydrogen) atoms. The maximum absolute atomic E-state index is 12.3. The van der Waals surface area contributed by atoms with Gasteiger partial charge in [-0.2, -0.15) is 0 Å². The normalized spacial score (nSPS) is 17.6. The van der Waals surface area contributed by atoms with Crippen LogP contribution in [0.15, 0.2) is 24.3 Å². The van der Waals surface area contributed by atoms with Crippen molar-refractivity contribution in [1.82, 2.24) is 4.90 Å². The molecule has 1 amide bonds. The number of hydrogen-bond donors (Lipinski definition) is 0. The van der Waals surface area contributed by atoms with Crippen LogP contribution >= 0.6 is 0 Å². The van der Waals surface area contributed by atoms with Crippen LogP contribution < -0.4 is 4.74 Å². The summed E-state index contributed by atoms with van der Waals surface area (Å²) in [6.07, 6.45) is 0.755. The zero-order chi connectivity index (χ0) is 14.0. The molecule has 4 heteroatoms. The third-order valence-corrected chi connectivity index (χ3v) is 3.71. The van der Waals surface area contributed by atoms with Gasteiger partial charge in [0.2, 0.25) is 5.91 Å². The molecule has 0 bridgehead atoms. The zero-order valence-corrected chi connectivity index (χ0v) is 11.6. The van der Waals surface area contributed by atoms with Crippen molar-refractivity contribution >= 4 is 11.7 Å². The molecule has 0 atom stereocenters. The third kappa shape index (κ3) is 2.62. The maximum Gasteiger partial charge on any atom is 0.227 e. The second-order valence-electron chi connectivity index (χ2n) is 5.31. The van der Waals surface area contributed by atoms with Gasteiger partial charge in [-0.1, -0.05) is 12.1 Å². The molecule has 0 aliphatic carbocycles. The molecular weight excluding hydrogens is 242 g/mol. The molecule has 0 unspecified atom stereocenters. The fourth-order valence-corrected chi connectivity index (χ4v) is 2.44. The van der Waals surface area contributed by atoms with Crippen LogP contribution in [0.25, 0.3) is 0 Å². The van der Waals surface area contributed by atoms with E-state index >= 15 is 0 Å². The van der Waals surface area contributed by atoms with Gasteiger partial charge in [0.1, 0.15) is 5.75 Å². The molecule has 1 aromatic carbocycles. The monoisotopic (exact) mass is 261 g/mol. The highest BCUT2D eigenvalue weighted by Gasteiger charge is 2.42. The van der Waals surface area contributed by atoms with Crippen LogP contribution in [0, 0.1) is 0 Å². The Morgan fingerprint density at radius 3 is 2.74 bits per heavy atom. The Hall–Kier alpha value is -1.84. The van der Waals surface area contributed by atoms with Gasteiger partial charge in [0.25, 0.3) is 0 Å². The topological polar surface area (TPSA) is 46.6 Å². The zero-order valence-electron chi connectivity index (χ0n) is 11.6. The van der Waals surface area contributed by atoms with E-state index in [2.05, 4.69) is 0 Å². The first-order chi connectivity index (χ1) is 8.95. The van der Waals surface area contributed by atoms with Gasteiger partial charge < -0.3 is 9.64 Å². The number of benzene rings is 1. The first-order valence-corrected chi connectivity index (χ1v) is 6.42. The van der Waals surface area contributed by atoms with Crippen LogP contribution in [0.1, 0.15) is 25.8 Å². The standard InChI is InChI=1S/C15H19NO3/c1-15(2)13(17)7-8-16(15)14(18)10-11-5-4-6-12(9-11)19-3/h4-6,9H,7-8,10H2,1-3H3. The van der Waals surface area contributed by atoms with E-state index in [1.54, 1.807) is 12.0 Å². The predicted octanol–water partition coefficient (Wildman–Crippen LogP) is 1.82. The van der Waals surface area contributed by atoms with E-state index in [1.807, 2.05) is 38.1 Å². The fraction of sp³-hybridized carbons (Fsp3) is 0.467. The molecule has 1 saturated heterocycles. The number of nitrogens with zero attached hydrogens (tertiary/aromatic N) is 1. The molecule has 0 spiro atoms. The van der Waals surface area contributed by atoms with E-state index in [1.165, 1.54) is 0 Å². The number of ketones is 1. The Balaban J connectivity index is 2.11. The molecule has 1 fully saturated rings. The molecule has 1 aliphatic rings. The first kappa shape index (κ1) is 13.6. The van der Waals surface area contributed by atoms with Gasteiger partial charge in [0.05, 0.1) is 19.1 Å².